The fraction of sp³-hybridized carbons (Fsp3) is 0.240. The van der Waals surface area contributed by atoms with Crippen molar-refractivity contribution in [3.8, 4) is 11.6 Å². The van der Waals surface area contributed by atoms with Crippen LogP contribution < -0.4 is 4.74 Å². The summed E-state index contributed by atoms with van der Waals surface area (Å²) in [4.78, 5) is 41.8. The Hall–Kier alpha value is -4.47. The third kappa shape index (κ3) is 4.03. The number of benzene rings is 1. The third-order valence-electron chi connectivity index (χ3n) is 6.19. The highest BCUT2D eigenvalue weighted by molar-refractivity contribution is 6.45. The van der Waals surface area contributed by atoms with Gasteiger partial charge in [0.25, 0.3) is 11.7 Å². The third-order valence-corrected chi connectivity index (χ3v) is 6.19. The number of ketones is 1. The van der Waals surface area contributed by atoms with Gasteiger partial charge in [0, 0.05) is 38.1 Å². The van der Waals surface area contributed by atoms with Crippen molar-refractivity contribution in [3.05, 3.63) is 72.6 Å². The van der Waals surface area contributed by atoms with E-state index in [2.05, 4.69) is 31.5 Å². The molecular formula is C25H25N7O3. The van der Waals surface area contributed by atoms with Gasteiger partial charge in [-0.1, -0.05) is 36.9 Å². The Balaban J connectivity index is 1.37. The lowest BCUT2D eigenvalue weighted by Gasteiger charge is -2.36. The van der Waals surface area contributed by atoms with E-state index in [4.69, 9.17) is 4.74 Å². The minimum atomic E-state index is -0.600. The maximum absolute atomic E-state index is 13.3. The Morgan fingerprint density at radius 1 is 1.06 bits per heavy atom. The summed E-state index contributed by atoms with van der Waals surface area (Å²) in [7, 11) is 1.50. The number of piperazine rings is 1. The van der Waals surface area contributed by atoms with Gasteiger partial charge in [-0.2, -0.15) is 5.10 Å². The van der Waals surface area contributed by atoms with Crippen LogP contribution in [-0.2, 0) is 4.79 Å². The molecule has 0 atom stereocenters. The molecule has 10 heteroatoms. The molecule has 1 amide bonds. The number of aryl methyl sites for hydroxylation is 1. The van der Waals surface area contributed by atoms with Gasteiger partial charge in [0.15, 0.2) is 5.82 Å². The minimum Gasteiger partial charge on any atom is -0.494 e. The predicted octanol–water partition coefficient (Wildman–Crippen LogP) is 2.46. The number of aromatic amines is 1. The van der Waals surface area contributed by atoms with Gasteiger partial charge < -0.3 is 19.5 Å². The molecule has 1 N–H and O–H groups in total. The van der Waals surface area contributed by atoms with Gasteiger partial charge in [-0.05, 0) is 12.5 Å². The summed E-state index contributed by atoms with van der Waals surface area (Å²) >= 11 is 0. The monoisotopic (exact) mass is 471 g/mol. The van der Waals surface area contributed by atoms with E-state index < -0.39 is 11.7 Å². The zero-order chi connectivity index (χ0) is 24.5. The summed E-state index contributed by atoms with van der Waals surface area (Å²) in [5, 5.41) is 4.79. The van der Waals surface area contributed by atoms with Crippen LogP contribution in [-0.4, -0.2) is 79.5 Å². The molecule has 0 saturated carbocycles. The number of carbonyl (C=O) groups is 2. The maximum atomic E-state index is 13.3. The number of amides is 1. The number of ether oxygens (including phenoxy) is 1. The Morgan fingerprint density at radius 3 is 2.43 bits per heavy atom. The zero-order valence-electron chi connectivity index (χ0n) is 19.6. The number of hydrogen-bond donors (Lipinski definition) is 1. The molecule has 5 rings (SSSR count). The lowest BCUT2D eigenvalue weighted by Crippen LogP contribution is -2.49. The van der Waals surface area contributed by atoms with Crippen LogP contribution in [0.4, 0.5) is 0 Å². The first-order chi connectivity index (χ1) is 17.0. The molecule has 1 aromatic carbocycles. The molecule has 178 valence electrons. The van der Waals surface area contributed by atoms with Crippen molar-refractivity contribution in [1.29, 1.82) is 0 Å². The number of aromatic nitrogens is 5. The topological polar surface area (TPSA) is 109 Å². The molecule has 10 nitrogen and oxygen atoms in total. The van der Waals surface area contributed by atoms with Gasteiger partial charge in [0.05, 0.1) is 29.8 Å². The molecule has 0 radical (unpaired) electrons. The van der Waals surface area contributed by atoms with E-state index in [0.29, 0.717) is 54.5 Å². The molecule has 0 spiro atoms. The van der Waals surface area contributed by atoms with Crippen LogP contribution in [0, 0.1) is 6.92 Å². The average molecular weight is 472 g/mol. The number of nitrogens with one attached hydrogen (secondary N) is 1. The number of carbonyl (C=O) groups excluding carboxylic acids is 2. The SMILES string of the molecule is C=C(c1ccccc1)N1CCN(C(=O)C(=O)c2c[nH]c3c(-n4cnc(C)n4)ncc(OC)c23)CC1. The van der Waals surface area contributed by atoms with Gasteiger partial charge in [-0.3, -0.25) is 9.59 Å². The van der Waals surface area contributed by atoms with E-state index in [0.717, 1.165) is 11.3 Å². The summed E-state index contributed by atoms with van der Waals surface area (Å²) in [6.07, 6.45) is 4.58. The Morgan fingerprint density at radius 2 is 1.77 bits per heavy atom. The first kappa shape index (κ1) is 22.3. The lowest BCUT2D eigenvalue weighted by molar-refractivity contribution is -0.127. The zero-order valence-corrected chi connectivity index (χ0v) is 19.6. The molecule has 0 unspecified atom stereocenters. The molecule has 4 aromatic rings. The number of pyridine rings is 1. The van der Waals surface area contributed by atoms with Crippen LogP contribution >= 0.6 is 0 Å². The van der Waals surface area contributed by atoms with E-state index >= 15 is 0 Å². The average Bonchev–Trinajstić information content (AvgIpc) is 3.54. The highest BCUT2D eigenvalue weighted by Gasteiger charge is 2.30. The number of fused-ring (bicyclic) bond motifs is 1. The van der Waals surface area contributed by atoms with Crippen molar-refractivity contribution in [1.82, 2.24) is 34.5 Å². The summed E-state index contributed by atoms with van der Waals surface area (Å²) in [6.45, 7) is 8.04. The van der Waals surface area contributed by atoms with Crippen molar-refractivity contribution >= 4 is 28.3 Å². The van der Waals surface area contributed by atoms with E-state index in [9.17, 15) is 9.59 Å². The lowest BCUT2D eigenvalue weighted by atomic mass is 10.1. The number of rotatable bonds is 6. The molecule has 35 heavy (non-hydrogen) atoms. The van der Waals surface area contributed by atoms with Gasteiger partial charge in [0.2, 0.25) is 0 Å². The van der Waals surface area contributed by atoms with Crippen molar-refractivity contribution in [2.75, 3.05) is 33.3 Å². The van der Waals surface area contributed by atoms with Crippen LogP contribution in [0.3, 0.4) is 0 Å². The standard InChI is InChI=1S/C25H25N7O3/c1-16(18-7-5-4-6-8-18)30-9-11-31(12-10-30)25(34)23(33)19-13-26-22-21(19)20(35-3)14-27-24(22)32-15-28-17(2)29-32/h4-8,13-15,26H,1,9-12H2,2-3H3. The molecule has 0 bridgehead atoms. The Kier molecular flexibility index (Phi) is 5.77. The predicted molar refractivity (Wildman–Crippen MR) is 130 cm³/mol. The van der Waals surface area contributed by atoms with Gasteiger partial charge >= 0.3 is 0 Å². The van der Waals surface area contributed by atoms with E-state index in [1.165, 1.54) is 24.2 Å². The van der Waals surface area contributed by atoms with Crippen molar-refractivity contribution in [2.24, 2.45) is 0 Å². The van der Waals surface area contributed by atoms with Crippen molar-refractivity contribution < 1.29 is 14.3 Å². The summed E-state index contributed by atoms with van der Waals surface area (Å²) in [6, 6.07) is 9.93. The molecule has 0 aliphatic carbocycles. The maximum Gasteiger partial charge on any atom is 0.295 e. The van der Waals surface area contributed by atoms with Crippen molar-refractivity contribution in [2.45, 2.75) is 6.92 Å². The Labute approximate surface area is 201 Å². The van der Waals surface area contributed by atoms with Gasteiger partial charge in [-0.25, -0.2) is 14.6 Å². The molecule has 1 saturated heterocycles. The Bertz CT molecular complexity index is 1420. The minimum absolute atomic E-state index is 0.235. The number of H-pyrrole nitrogens is 1. The normalized spacial score (nSPS) is 13.8. The highest BCUT2D eigenvalue weighted by Crippen LogP contribution is 2.32. The smallest absolute Gasteiger partial charge is 0.295 e. The summed E-state index contributed by atoms with van der Waals surface area (Å²) in [5.41, 5.74) is 2.72. The van der Waals surface area contributed by atoms with Gasteiger partial charge in [-0.15, -0.1) is 0 Å². The number of Topliss-reactive ketones (excluding diaryl/α,β-unsaturated/α-hetero) is 1. The molecule has 3 aromatic heterocycles. The van der Waals surface area contributed by atoms with Crippen LogP contribution in [0.5, 0.6) is 5.75 Å². The van der Waals surface area contributed by atoms with E-state index in [-0.39, 0.29) is 5.56 Å². The highest BCUT2D eigenvalue weighted by atomic mass is 16.5. The second-order valence-electron chi connectivity index (χ2n) is 8.26. The van der Waals surface area contributed by atoms with Crippen LogP contribution in [0.15, 0.2) is 55.6 Å². The first-order valence-corrected chi connectivity index (χ1v) is 11.2. The fourth-order valence-electron chi connectivity index (χ4n) is 4.31. The number of nitrogens with zero attached hydrogens (tertiary/aromatic N) is 6. The quantitative estimate of drug-likeness (QED) is 0.340. The molecule has 1 aliphatic heterocycles. The second-order valence-corrected chi connectivity index (χ2v) is 8.26. The van der Waals surface area contributed by atoms with Gasteiger partial charge in [0.1, 0.15) is 17.9 Å². The summed E-state index contributed by atoms with van der Waals surface area (Å²) < 4.78 is 6.98. The summed E-state index contributed by atoms with van der Waals surface area (Å²) in [5.74, 6) is 0.287. The number of hydrogen-bond acceptors (Lipinski definition) is 7. The second kappa shape index (κ2) is 9.05. The van der Waals surface area contributed by atoms with Crippen LogP contribution in [0.1, 0.15) is 21.7 Å². The largest absolute Gasteiger partial charge is 0.494 e. The van der Waals surface area contributed by atoms with Crippen LogP contribution in [0.25, 0.3) is 22.4 Å². The fourth-order valence-corrected chi connectivity index (χ4v) is 4.31. The van der Waals surface area contributed by atoms with E-state index in [1.807, 2.05) is 30.3 Å². The molecular weight excluding hydrogens is 446 g/mol. The van der Waals surface area contributed by atoms with E-state index in [1.54, 1.807) is 18.2 Å². The molecule has 4 heterocycles. The first-order valence-electron chi connectivity index (χ1n) is 11.2. The molecule has 1 aliphatic rings. The molecule has 1 fully saturated rings. The van der Waals surface area contributed by atoms with Crippen LogP contribution in [0.2, 0.25) is 0 Å². The van der Waals surface area contributed by atoms with Crippen molar-refractivity contribution in [3.63, 3.8) is 0 Å². The number of methoxy groups -OCH3 is 1.